The molecule has 0 aliphatic carbocycles. The summed E-state index contributed by atoms with van der Waals surface area (Å²) in [5.41, 5.74) is 6.36. The monoisotopic (exact) mass is 423 g/mol. The van der Waals surface area contributed by atoms with E-state index in [1.807, 2.05) is 0 Å². The molecule has 10 heteroatoms. The lowest BCUT2D eigenvalue weighted by atomic mass is 10.2. The minimum absolute atomic E-state index is 0.0539. The largest absolute Gasteiger partial charge is 0.382 e. The van der Waals surface area contributed by atoms with E-state index in [0.29, 0.717) is 27.7 Å². The Morgan fingerprint density at radius 3 is 2.36 bits per heavy atom. The Morgan fingerprint density at radius 2 is 1.64 bits per heavy atom. The lowest BCUT2D eigenvalue weighted by molar-refractivity contribution is 0.496. The number of aromatic nitrogens is 4. The molecule has 0 atom stereocenters. The van der Waals surface area contributed by atoms with Crippen molar-refractivity contribution in [3.8, 4) is 22.9 Å². The number of imidazole rings is 1. The zero-order chi connectivity index (χ0) is 20.0. The highest BCUT2D eigenvalue weighted by molar-refractivity contribution is 6.36. The minimum Gasteiger partial charge on any atom is -0.382 e. The van der Waals surface area contributed by atoms with Crippen LogP contribution in [-0.4, -0.2) is 19.5 Å². The minimum atomic E-state index is -1.30. The molecule has 0 saturated carbocycles. The predicted molar refractivity (Wildman–Crippen MR) is 99.7 cm³/mol. The van der Waals surface area contributed by atoms with Crippen LogP contribution in [0.25, 0.3) is 22.9 Å². The number of rotatable bonds is 3. The van der Waals surface area contributed by atoms with Gasteiger partial charge in [0, 0.05) is 21.7 Å². The second-order valence-electron chi connectivity index (χ2n) is 5.92. The van der Waals surface area contributed by atoms with Crippen LogP contribution in [0, 0.1) is 17.5 Å². The van der Waals surface area contributed by atoms with Crippen molar-refractivity contribution in [3.05, 3.63) is 69.7 Å². The van der Waals surface area contributed by atoms with Gasteiger partial charge >= 0.3 is 0 Å². The summed E-state index contributed by atoms with van der Waals surface area (Å²) in [6.45, 7) is 0.195. The Hall–Kier alpha value is -2.84. The molecule has 0 amide bonds. The maximum atomic E-state index is 14.1. The Morgan fingerprint density at radius 1 is 0.964 bits per heavy atom. The SMILES string of the molecule is Nc1ncn(Cc2c(Cl)cccc2Cl)c2nc(-c3cc(F)c(F)cc3F)nc1-2. The zero-order valence-electron chi connectivity index (χ0n) is 13.9. The number of hydrogen-bond donors (Lipinski definition) is 1. The molecule has 2 aromatic carbocycles. The van der Waals surface area contributed by atoms with Gasteiger partial charge in [0.1, 0.15) is 5.82 Å². The molecule has 0 saturated heterocycles. The van der Waals surface area contributed by atoms with Crippen LogP contribution in [-0.2, 0) is 6.54 Å². The quantitative estimate of drug-likeness (QED) is 0.480. The van der Waals surface area contributed by atoms with Crippen molar-refractivity contribution in [2.24, 2.45) is 0 Å². The molecule has 4 rings (SSSR count). The third-order valence-electron chi connectivity index (χ3n) is 4.13. The summed E-state index contributed by atoms with van der Waals surface area (Å²) < 4.78 is 42.5. The molecule has 5 nitrogen and oxygen atoms in total. The summed E-state index contributed by atoms with van der Waals surface area (Å²) in [6.07, 6.45) is 1.41. The summed E-state index contributed by atoms with van der Waals surface area (Å²) in [5.74, 6) is -3.35. The second kappa shape index (κ2) is 6.96. The van der Waals surface area contributed by atoms with Gasteiger partial charge in [-0.05, 0) is 18.2 Å². The van der Waals surface area contributed by atoms with Crippen LogP contribution < -0.4 is 5.73 Å². The Labute approximate surface area is 166 Å². The van der Waals surface area contributed by atoms with Crippen LogP contribution >= 0.6 is 23.2 Å². The van der Waals surface area contributed by atoms with Crippen molar-refractivity contribution in [2.45, 2.75) is 6.54 Å². The fraction of sp³-hybridized carbons (Fsp3) is 0.0556. The Bertz CT molecular complexity index is 1160. The van der Waals surface area contributed by atoms with Gasteiger partial charge in [0.25, 0.3) is 0 Å². The molecule has 0 bridgehead atoms. The van der Waals surface area contributed by atoms with Crippen molar-refractivity contribution in [3.63, 3.8) is 0 Å². The smallest absolute Gasteiger partial charge is 0.166 e. The molecule has 0 radical (unpaired) electrons. The number of nitrogen functional groups attached to an aromatic ring is 1. The van der Waals surface area contributed by atoms with Gasteiger partial charge in [-0.2, -0.15) is 0 Å². The van der Waals surface area contributed by atoms with E-state index in [2.05, 4.69) is 15.0 Å². The van der Waals surface area contributed by atoms with Gasteiger partial charge in [0.2, 0.25) is 0 Å². The predicted octanol–water partition coefficient (Wildman–Crippen LogP) is 4.80. The molecule has 0 aromatic heterocycles. The van der Waals surface area contributed by atoms with Gasteiger partial charge in [0.15, 0.2) is 34.8 Å². The number of fused-ring (bicyclic) bond motifs is 1. The number of nitrogens with zero attached hydrogens (tertiary/aromatic N) is 4. The van der Waals surface area contributed by atoms with Crippen LogP contribution in [0.2, 0.25) is 10.0 Å². The van der Waals surface area contributed by atoms with E-state index in [1.54, 1.807) is 22.8 Å². The van der Waals surface area contributed by atoms with E-state index in [4.69, 9.17) is 28.9 Å². The van der Waals surface area contributed by atoms with Crippen molar-refractivity contribution in [1.82, 2.24) is 19.5 Å². The highest BCUT2D eigenvalue weighted by Crippen LogP contribution is 2.32. The van der Waals surface area contributed by atoms with Gasteiger partial charge in [-0.15, -0.1) is 0 Å². The fourth-order valence-electron chi connectivity index (χ4n) is 2.74. The third-order valence-corrected chi connectivity index (χ3v) is 4.84. The molecule has 0 spiro atoms. The Kier molecular flexibility index (Phi) is 4.60. The van der Waals surface area contributed by atoms with Gasteiger partial charge < -0.3 is 10.3 Å². The number of anilines is 1. The van der Waals surface area contributed by atoms with Crippen LogP contribution in [0.4, 0.5) is 19.0 Å². The third kappa shape index (κ3) is 3.14. The van der Waals surface area contributed by atoms with Gasteiger partial charge in [0.05, 0.1) is 18.4 Å². The van der Waals surface area contributed by atoms with Crippen molar-refractivity contribution < 1.29 is 13.2 Å². The molecule has 28 heavy (non-hydrogen) atoms. The molecule has 2 heterocycles. The van der Waals surface area contributed by atoms with Crippen LogP contribution in [0.15, 0.2) is 36.7 Å². The summed E-state index contributed by atoms with van der Waals surface area (Å²) in [4.78, 5) is 12.4. The van der Waals surface area contributed by atoms with E-state index in [-0.39, 0.29) is 35.3 Å². The van der Waals surface area contributed by atoms with E-state index in [0.717, 1.165) is 0 Å². The fourth-order valence-corrected chi connectivity index (χ4v) is 3.25. The molecule has 2 aromatic rings. The zero-order valence-corrected chi connectivity index (χ0v) is 15.4. The first-order valence-corrected chi connectivity index (χ1v) is 8.67. The molecular formula is C18H10Cl2F3N5. The first-order valence-electron chi connectivity index (χ1n) is 7.91. The van der Waals surface area contributed by atoms with Gasteiger partial charge in [-0.3, -0.25) is 0 Å². The maximum absolute atomic E-state index is 14.1. The standard InChI is InChI=1S/C18H10Cl2F3N5/c19-10-2-1-3-11(20)9(10)6-28-7-25-16(24)15-18(28)27-17(26-15)8-4-13(22)14(23)5-12(8)21/h1-5,7H,6,24H2. The molecule has 0 fully saturated rings. The van der Waals surface area contributed by atoms with Crippen LogP contribution in [0.5, 0.6) is 0 Å². The highest BCUT2D eigenvalue weighted by atomic mass is 35.5. The molecule has 142 valence electrons. The van der Waals surface area contributed by atoms with E-state index >= 15 is 0 Å². The lowest BCUT2D eigenvalue weighted by Gasteiger charge is -2.13. The topological polar surface area (TPSA) is 69.6 Å². The van der Waals surface area contributed by atoms with Crippen LogP contribution in [0.3, 0.4) is 0 Å². The van der Waals surface area contributed by atoms with Crippen molar-refractivity contribution in [2.75, 3.05) is 5.73 Å². The Balaban J connectivity index is 1.86. The second-order valence-corrected chi connectivity index (χ2v) is 6.74. The van der Waals surface area contributed by atoms with Gasteiger partial charge in [-0.25, -0.2) is 28.1 Å². The summed E-state index contributed by atoms with van der Waals surface area (Å²) in [6, 6.07) is 6.21. The summed E-state index contributed by atoms with van der Waals surface area (Å²) in [7, 11) is 0. The normalized spacial score (nSPS) is 11.3. The average molecular weight is 424 g/mol. The van der Waals surface area contributed by atoms with E-state index in [1.165, 1.54) is 6.33 Å². The first-order chi connectivity index (χ1) is 13.3. The lowest BCUT2D eigenvalue weighted by Crippen LogP contribution is -2.09. The van der Waals surface area contributed by atoms with Crippen molar-refractivity contribution in [1.29, 1.82) is 0 Å². The molecule has 2 N–H and O–H groups in total. The number of halogens is 5. The van der Waals surface area contributed by atoms with E-state index < -0.39 is 17.5 Å². The van der Waals surface area contributed by atoms with Crippen molar-refractivity contribution >= 4 is 29.0 Å². The van der Waals surface area contributed by atoms with E-state index in [9.17, 15) is 13.2 Å². The molecular weight excluding hydrogens is 414 g/mol. The highest BCUT2D eigenvalue weighted by Gasteiger charge is 2.23. The molecule has 0 unspecified atom stereocenters. The average Bonchev–Trinajstić information content (AvgIpc) is 3.09. The number of benzene rings is 2. The number of nitrogens with two attached hydrogens (primary N) is 1. The molecule has 2 aliphatic rings. The van der Waals surface area contributed by atoms with Gasteiger partial charge in [-0.1, -0.05) is 29.3 Å². The number of hydrogen-bond acceptors (Lipinski definition) is 4. The summed E-state index contributed by atoms with van der Waals surface area (Å²) in [5, 5.41) is 0.882. The summed E-state index contributed by atoms with van der Waals surface area (Å²) >= 11 is 12.4. The maximum Gasteiger partial charge on any atom is 0.166 e. The first kappa shape index (κ1) is 18.5. The molecule has 2 aliphatic heterocycles. The van der Waals surface area contributed by atoms with Crippen LogP contribution in [0.1, 0.15) is 5.56 Å².